The van der Waals surface area contributed by atoms with Gasteiger partial charge in [-0.3, -0.25) is 9.78 Å². The Morgan fingerprint density at radius 3 is 2.82 bits per heavy atom. The molecular formula is C12H19N3O2. The van der Waals surface area contributed by atoms with Crippen LogP contribution < -0.4 is 5.73 Å². The summed E-state index contributed by atoms with van der Waals surface area (Å²) in [7, 11) is 1.86. The fourth-order valence-corrected chi connectivity index (χ4v) is 1.56. The molecule has 17 heavy (non-hydrogen) atoms. The van der Waals surface area contributed by atoms with Crippen molar-refractivity contribution in [2.24, 2.45) is 5.73 Å². The second kappa shape index (κ2) is 5.75. The van der Waals surface area contributed by atoms with Gasteiger partial charge in [-0.2, -0.15) is 0 Å². The lowest BCUT2D eigenvalue weighted by Crippen LogP contribution is -2.53. The molecule has 0 aliphatic carbocycles. The lowest BCUT2D eigenvalue weighted by atomic mass is 10.0. The lowest BCUT2D eigenvalue weighted by molar-refractivity contribution is -0.143. The molecule has 1 atom stereocenters. The average molecular weight is 237 g/mol. The van der Waals surface area contributed by atoms with Crippen molar-refractivity contribution in [1.82, 2.24) is 9.88 Å². The van der Waals surface area contributed by atoms with Crippen molar-refractivity contribution in [3.63, 3.8) is 0 Å². The summed E-state index contributed by atoms with van der Waals surface area (Å²) in [5, 5.41) is 8.91. The molecule has 5 nitrogen and oxygen atoms in total. The third-order valence-corrected chi connectivity index (χ3v) is 2.56. The number of carboxylic acid groups (broad SMARTS) is 1. The van der Waals surface area contributed by atoms with Gasteiger partial charge in [0.25, 0.3) is 0 Å². The Bertz CT molecular complexity index is 365. The van der Waals surface area contributed by atoms with E-state index in [0.29, 0.717) is 6.54 Å². The molecule has 3 N–H and O–H groups in total. The maximum Gasteiger partial charge on any atom is 0.324 e. The molecule has 1 aromatic rings. The molecular weight excluding hydrogens is 218 g/mol. The molecule has 0 bridgehead atoms. The van der Waals surface area contributed by atoms with Crippen molar-refractivity contribution in [2.75, 3.05) is 20.1 Å². The number of pyridine rings is 1. The monoisotopic (exact) mass is 237 g/mol. The first-order chi connectivity index (χ1) is 7.92. The normalized spacial score (nSPS) is 14.6. The van der Waals surface area contributed by atoms with Gasteiger partial charge in [-0.05, 0) is 26.1 Å². The topological polar surface area (TPSA) is 79.5 Å². The maximum absolute atomic E-state index is 10.9. The fraction of sp³-hybridized carbons (Fsp3) is 0.500. The van der Waals surface area contributed by atoms with E-state index in [1.165, 1.54) is 6.92 Å². The van der Waals surface area contributed by atoms with Crippen LogP contribution in [0.25, 0.3) is 0 Å². The quantitative estimate of drug-likeness (QED) is 0.746. The van der Waals surface area contributed by atoms with E-state index in [2.05, 4.69) is 4.98 Å². The number of nitrogens with two attached hydrogens (primary N) is 1. The van der Waals surface area contributed by atoms with Crippen LogP contribution in [0.2, 0.25) is 0 Å². The highest BCUT2D eigenvalue weighted by atomic mass is 16.4. The highest BCUT2D eigenvalue weighted by Gasteiger charge is 2.29. The maximum atomic E-state index is 10.9. The Hall–Kier alpha value is -1.46. The largest absolute Gasteiger partial charge is 0.480 e. The second-order valence-corrected chi connectivity index (χ2v) is 4.53. The van der Waals surface area contributed by atoms with Crippen LogP contribution in [0.1, 0.15) is 12.6 Å². The van der Waals surface area contributed by atoms with Gasteiger partial charge in [0.15, 0.2) is 0 Å². The Morgan fingerprint density at radius 2 is 2.29 bits per heavy atom. The number of rotatable bonds is 6. The molecule has 1 aromatic heterocycles. The molecule has 0 amide bonds. The van der Waals surface area contributed by atoms with Crippen LogP contribution in [0.3, 0.4) is 0 Å². The molecule has 1 heterocycles. The summed E-state index contributed by atoms with van der Waals surface area (Å²) in [6, 6.07) is 5.76. The Kier molecular flexibility index (Phi) is 4.60. The number of hydrogen-bond acceptors (Lipinski definition) is 4. The summed E-state index contributed by atoms with van der Waals surface area (Å²) in [6.45, 7) is 2.57. The van der Waals surface area contributed by atoms with Gasteiger partial charge in [0.05, 0.1) is 0 Å². The molecule has 0 radical (unpaired) electrons. The molecule has 1 unspecified atom stereocenters. The van der Waals surface area contributed by atoms with Crippen molar-refractivity contribution < 1.29 is 9.90 Å². The van der Waals surface area contributed by atoms with Gasteiger partial charge in [0.1, 0.15) is 5.54 Å². The second-order valence-electron chi connectivity index (χ2n) is 4.53. The number of likely N-dealkylation sites (N-methyl/N-ethyl adjacent to an activating group) is 1. The van der Waals surface area contributed by atoms with E-state index in [0.717, 1.165) is 18.7 Å². The van der Waals surface area contributed by atoms with Crippen LogP contribution in [-0.4, -0.2) is 46.6 Å². The van der Waals surface area contributed by atoms with Crippen LogP contribution in [0.5, 0.6) is 0 Å². The van der Waals surface area contributed by atoms with Gasteiger partial charge in [0.2, 0.25) is 0 Å². The molecule has 0 aromatic carbocycles. The Morgan fingerprint density at radius 1 is 1.59 bits per heavy atom. The molecule has 94 valence electrons. The molecule has 0 saturated heterocycles. The van der Waals surface area contributed by atoms with Crippen LogP contribution in [0, 0.1) is 0 Å². The molecule has 1 rings (SSSR count). The lowest BCUT2D eigenvalue weighted by Gasteiger charge is -2.26. The van der Waals surface area contributed by atoms with Crippen LogP contribution >= 0.6 is 0 Å². The van der Waals surface area contributed by atoms with Gasteiger partial charge in [-0.15, -0.1) is 0 Å². The first-order valence-corrected chi connectivity index (χ1v) is 5.52. The molecule has 0 saturated carbocycles. The zero-order valence-electron chi connectivity index (χ0n) is 10.3. The zero-order chi connectivity index (χ0) is 12.9. The van der Waals surface area contributed by atoms with Crippen molar-refractivity contribution in [3.05, 3.63) is 30.1 Å². The molecule has 0 spiro atoms. The summed E-state index contributed by atoms with van der Waals surface area (Å²) in [6.07, 6.45) is 2.53. The number of aromatic nitrogens is 1. The van der Waals surface area contributed by atoms with Gasteiger partial charge >= 0.3 is 5.97 Å². The van der Waals surface area contributed by atoms with E-state index in [9.17, 15) is 4.79 Å². The van der Waals surface area contributed by atoms with E-state index < -0.39 is 11.5 Å². The van der Waals surface area contributed by atoms with E-state index in [-0.39, 0.29) is 0 Å². The van der Waals surface area contributed by atoms with Crippen molar-refractivity contribution in [3.8, 4) is 0 Å². The molecule has 0 aliphatic rings. The molecule has 0 fully saturated rings. The zero-order valence-corrected chi connectivity index (χ0v) is 10.3. The Labute approximate surface area is 101 Å². The number of hydrogen-bond donors (Lipinski definition) is 2. The number of nitrogens with zero attached hydrogens (tertiary/aromatic N) is 2. The van der Waals surface area contributed by atoms with Crippen molar-refractivity contribution >= 4 is 5.97 Å². The minimum atomic E-state index is -1.21. The highest BCUT2D eigenvalue weighted by Crippen LogP contribution is 2.03. The van der Waals surface area contributed by atoms with E-state index in [1.54, 1.807) is 6.20 Å². The summed E-state index contributed by atoms with van der Waals surface area (Å²) < 4.78 is 0. The third kappa shape index (κ3) is 4.50. The number of carboxylic acids is 1. The van der Waals surface area contributed by atoms with Gasteiger partial charge in [-0.25, -0.2) is 0 Å². The van der Waals surface area contributed by atoms with E-state index >= 15 is 0 Å². The smallest absolute Gasteiger partial charge is 0.324 e. The van der Waals surface area contributed by atoms with Crippen LogP contribution in [0.4, 0.5) is 0 Å². The van der Waals surface area contributed by atoms with Gasteiger partial charge in [0, 0.05) is 31.4 Å². The van der Waals surface area contributed by atoms with Gasteiger partial charge in [-0.1, -0.05) is 6.07 Å². The predicted octanol–water partition coefficient (Wildman–Crippen LogP) is 0.358. The summed E-state index contributed by atoms with van der Waals surface area (Å²) in [4.78, 5) is 17.0. The fourth-order valence-electron chi connectivity index (χ4n) is 1.56. The van der Waals surface area contributed by atoms with E-state index in [4.69, 9.17) is 10.8 Å². The van der Waals surface area contributed by atoms with E-state index in [1.807, 2.05) is 30.1 Å². The average Bonchev–Trinajstić information content (AvgIpc) is 2.27. The van der Waals surface area contributed by atoms with Crippen LogP contribution in [-0.2, 0) is 11.2 Å². The van der Waals surface area contributed by atoms with Crippen molar-refractivity contribution in [2.45, 2.75) is 18.9 Å². The number of carbonyl (C=O) groups is 1. The predicted molar refractivity (Wildman–Crippen MR) is 65.7 cm³/mol. The number of aliphatic carboxylic acids is 1. The Balaban J connectivity index is 2.41. The first-order valence-electron chi connectivity index (χ1n) is 5.52. The summed E-state index contributed by atoms with van der Waals surface area (Å²) in [5.41, 5.74) is 5.46. The van der Waals surface area contributed by atoms with Gasteiger partial charge < -0.3 is 15.7 Å². The van der Waals surface area contributed by atoms with Crippen LogP contribution in [0.15, 0.2) is 24.4 Å². The van der Waals surface area contributed by atoms with Crippen molar-refractivity contribution in [1.29, 1.82) is 0 Å². The minimum absolute atomic E-state index is 0.315. The first kappa shape index (κ1) is 13.6. The molecule has 0 aliphatic heterocycles. The highest BCUT2D eigenvalue weighted by molar-refractivity contribution is 5.78. The SMILES string of the molecule is CN(CCc1ccccn1)CC(C)(N)C(=O)O. The minimum Gasteiger partial charge on any atom is -0.480 e. The molecule has 5 heteroatoms. The third-order valence-electron chi connectivity index (χ3n) is 2.56. The summed E-state index contributed by atoms with van der Waals surface area (Å²) >= 11 is 0. The standard InChI is InChI=1S/C12H19N3O2/c1-12(13,11(16)17)9-15(2)8-6-10-5-3-4-7-14-10/h3-5,7H,6,8-9,13H2,1-2H3,(H,16,17). The summed E-state index contributed by atoms with van der Waals surface area (Å²) in [5.74, 6) is -0.984.